The van der Waals surface area contributed by atoms with Crippen molar-refractivity contribution >= 4 is 13.3 Å². The van der Waals surface area contributed by atoms with Gasteiger partial charge in [-0.25, -0.2) is 0 Å². The smallest absolute Gasteiger partial charge is 0.416 e. The first kappa shape index (κ1) is 8.97. The summed E-state index contributed by atoms with van der Waals surface area (Å²) in [6.45, 7) is 0. The molecule has 0 atom stereocenters. The fourth-order valence-electron chi connectivity index (χ4n) is 0.798. The van der Waals surface area contributed by atoms with Gasteiger partial charge in [0.15, 0.2) is 0 Å². The van der Waals surface area contributed by atoms with Crippen LogP contribution in [0.4, 0.5) is 13.2 Å². The Hall–Kier alpha value is -1.13. The third-order valence-electron chi connectivity index (χ3n) is 1.27. The standard InChI is InChI=1S/C7H4BF3O/c8-5-1-4(7(9,10)11)2-6(12)3-5/h1-3,12H. The van der Waals surface area contributed by atoms with E-state index in [0.717, 1.165) is 12.1 Å². The summed E-state index contributed by atoms with van der Waals surface area (Å²) < 4.78 is 35.9. The Bertz CT molecular complexity index is 275. The quantitative estimate of drug-likeness (QED) is 0.583. The molecule has 0 aliphatic rings. The molecular formula is C7H4BF3O. The Morgan fingerprint density at radius 3 is 2.17 bits per heavy atom. The Labute approximate surface area is 68.2 Å². The normalized spacial score (nSPS) is 11.6. The predicted molar refractivity (Wildman–Crippen MR) is 38.5 cm³/mol. The molecule has 0 unspecified atom stereocenters. The molecule has 0 aliphatic carbocycles. The van der Waals surface area contributed by atoms with Gasteiger partial charge in [-0.2, -0.15) is 13.2 Å². The third-order valence-corrected chi connectivity index (χ3v) is 1.27. The lowest BCUT2D eigenvalue weighted by Gasteiger charge is -2.07. The summed E-state index contributed by atoms with van der Waals surface area (Å²) in [5.74, 6) is -0.484. The molecule has 2 radical (unpaired) electrons. The van der Waals surface area contributed by atoms with Crippen molar-refractivity contribution in [3.8, 4) is 5.75 Å². The van der Waals surface area contributed by atoms with Crippen molar-refractivity contribution in [3.05, 3.63) is 23.8 Å². The van der Waals surface area contributed by atoms with Crippen LogP contribution in [-0.4, -0.2) is 13.0 Å². The third kappa shape index (κ3) is 1.93. The average molecular weight is 172 g/mol. The molecule has 0 heterocycles. The van der Waals surface area contributed by atoms with Crippen molar-refractivity contribution in [3.63, 3.8) is 0 Å². The zero-order valence-corrected chi connectivity index (χ0v) is 5.89. The van der Waals surface area contributed by atoms with Crippen LogP contribution < -0.4 is 5.46 Å². The molecule has 0 bridgehead atoms. The Kier molecular flexibility index (Phi) is 2.04. The van der Waals surface area contributed by atoms with Gasteiger partial charge in [0.2, 0.25) is 0 Å². The SMILES string of the molecule is [B]c1cc(O)cc(C(F)(F)F)c1. The summed E-state index contributed by atoms with van der Waals surface area (Å²) in [6.07, 6.45) is -4.47. The Morgan fingerprint density at radius 2 is 1.75 bits per heavy atom. The van der Waals surface area contributed by atoms with Gasteiger partial charge >= 0.3 is 6.18 Å². The fraction of sp³-hybridized carbons (Fsp3) is 0.143. The molecule has 0 saturated carbocycles. The highest BCUT2D eigenvalue weighted by atomic mass is 19.4. The highest BCUT2D eigenvalue weighted by Crippen LogP contribution is 2.30. The van der Waals surface area contributed by atoms with Gasteiger partial charge in [0.05, 0.1) is 5.56 Å². The molecule has 0 aliphatic heterocycles. The van der Waals surface area contributed by atoms with Gasteiger partial charge in [0, 0.05) is 0 Å². The molecule has 5 heteroatoms. The van der Waals surface area contributed by atoms with Crippen molar-refractivity contribution in [1.29, 1.82) is 0 Å². The number of aromatic hydroxyl groups is 1. The van der Waals surface area contributed by atoms with Crippen LogP contribution in [0.3, 0.4) is 0 Å². The second-order valence-corrected chi connectivity index (χ2v) is 2.31. The lowest BCUT2D eigenvalue weighted by molar-refractivity contribution is -0.137. The van der Waals surface area contributed by atoms with Crippen LogP contribution in [0, 0.1) is 0 Å². The summed E-state index contributed by atoms with van der Waals surface area (Å²) in [7, 11) is 5.10. The van der Waals surface area contributed by atoms with E-state index in [4.69, 9.17) is 13.0 Å². The number of rotatable bonds is 0. The van der Waals surface area contributed by atoms with Gasteiger partial charge < -0.3 is 5.11 Å². The van der Waals surface area contributed by atoms with Crippen molar-refractivity contribution < 1.29 is 18.3 Å². The highest BCUT2D eigenvalue weighted by molar-refractivity contribution is 6.32. The van der Waals surface area contributed by atoms with Crippen LogP contribution in [0.5, 0.6) is 5.75 Å². The van der Waals surface area contributed by atoms with Crippen molar-refractivity contribution in [2.45, 2.75) is 6.18 Å². The summed E-state index contributed by atoms with van der Waals surface area (Å²) in [5, 5.41) is 8.78. The number of hydrogen-bond acceptors (Lipinski definition) is 1. The van der Waals surface area contributed by atoms with E-state index in [2.05, 4.69) is 0 Å². The van der Waals surface area contributed by atoms with E-state index in [-0.39, 0.29) is 5.46 Å². The van der Waals surface area contributed by atoms with Gasteiger partial charge in [-0.05, 0) is 12.1 Å². The molecule has 0 fully saturated rings. The molecule has 0 spiro atoms. The van der Waals surface area contributed by atoms with E-state index >= 15 is 0 Å². The molecule has 0 amide bonds. The minimum atomic E-state index is -4.47. The molecular weight excluding hydrogens is 168 g/mol. The predicted octanol–water partition coefficient (Wildman–Crippen LogP) is 1.20. The van der Waals surface area contributed by atoms with Crippen LogP contribution in [0.15, 0.2) is 18.2 Å². The zero-order valence-electron chi connectivity index (χ0n) is 5.89. The molecule has 0 aromatic heterocycles. The second-order valence-electron chi connectivity index (χ2n) is 2.31. The largest absolute Gasteiger partial charge is 0.508 e. The molecule has 1 rings (SSSR count). The first-order valence-electron chi connectivity index (χ1n) is 3.06. The number of halogens is 3. The molecule has 1 nitrogen and oxygen atoms in total. The minimum Gasteiger partial charge on any atom is -0.508 e. The number of alkyl halides is 3. The maximum absolute atomic E-state index is 12.0. The molecule has 1 aromatic rings. The van der Waals surface area contributed by atoms with Crippen LogP contribution in [0.2, 0.25) is 0 Å². The first-order valence-corrected chi connectivity index (χ1v) is 3.06. The number of phenolic OH excluding ortho intramolecular Hbond substituents is 1. The van der Waals surface area contributed by atoms with Crippen LogP contribution in [-0.2, 0) is 6.18 Å². The van der Waals surface area contributed by atoms with Gasteiger partial charge in [0.25, 0.3) is 0 Å². The Balaban J connectivity index is 3.18. The van der Waals surface area contributed by atoms with Crippen molar-refractivity contribution in [2.75, 3.05) is 0 Å². The van der Waals surface area contributed by atoms with Crippen LogP contribution in [0.25, 0.3) is 0 Å². The van der Waals surface area contributed by atoms with E-state index in [0.29, 0.717) is 6.07 Å². The molecule has 0 saturated heterocycles. The summed E-state index contributed by atoms with van der Waals surface area (Å²) in [4.78, 5) is 0. The van der Waals surface area contributed by atoms with E-state index in [1.54, 1.807) is 0 Å². The monoisotopic (exact) mass is 172 g/mol. The van der Waals surface area contributed by atoms with E-state index in [1.807, 2.05) is 0 Å². The summed E-state index contributed by atoms with van der Waals surface area (Å²) in [5.41, 5.74) is -1.05. The molecule has 1 N–H and O–H groups in total. The molecule has 1 aromatic carbocycles. The molecule has 12 heavy (non-hydrogen) atoms. The number of phenols is 1. The Morgan fingerprint density at radius 1 is 1.17 bits per heavy atom. The van der Waals surface area contributed by atoms with E-state index in [1.165, 1.54) is 0 Å². The minimum absolute atomic E-state index is 0.109. The van der Waals surface area contributed by atoms with Crippen LogP contribution in [0.1, 0.15) is 5.56 Å². The average Bonchev–Trinajstić information content (AvgIpc) is 1.82. The second kappa shape index (κ2) is 2.73. The highest BCUT2D eigenvalue weighted by Gasteiger charge is 2.30. The number of hydrogen-bond donors (Lipinski definition) is 1. The maximum Gasteiger partial charge on any atom is 0.416 e. The van der Waals surface area contributed by atoms with Gasteiger partial charge in [-0.3, -0.25) is 0 Å². The van der Waals surface area contributed by atoms with E-state index < -0.39 is 17.5 Å². The lowest BCUT2D eigenvalue weighted by Crippen LogP contribution is -2.10. The van der Waals surface area contributed by atoms with Gasteiger partial charge in [-0.1, -0.05) is 11.5 Å². The van der Waals surface area contributed by atoms with Gasteiger partial charge in [-0.15, -0.1) is 0 Å². The summed E-state index contributed by atoms with van der Waals surface area (Å²) >= 11 is 0. The lowest BCUT2D eigenvalue weighted by atomic mass is 9.94. The number of benzene rings is 1. The van der Waals surface area contributed by atoms with Crippen molar-refractivity contribution in [1.82, 2.24) is 0 Å². The van der Waals surface area contributed by atoms with Gasteiger partial charge in [0.1, 0.15) is 13.6 Å². The molecule has 62 valence electrons. The fourth-order valence-corrected chi connectivity index (χ4v) is 0.798. The maximum atomic E-state index is 12.0. The first-order chi connectivity index (χ1) is 5.39. The van der Waals surface area contributed by atoms with Crippen LogP contribution >= 0.6 is 0 Å². The van der Waals surface area contributed by atoms with Crippen molar-refractivity contribution in [2.24, 2.45) is 0 Å². The zero-order chi connectivity index (χ0) is 9.35. The topological polar surface area (TPSA) is 20.2 Å². The summed E-state index contributed by atoms with van der Waals surface area (Å²) in [6, 6.07) is 2.44. The van der Waals surface area contributed by atoms with E-state index in [9.17, 15) is 13.2 Å².